The van der Waals surface area contributed by atoms with Gasteiger partial charge in [0.25, 0.3) is 0 Å². The van der Waals surface area contributed by atoms with Gasteiger partial charge in [0.2, 0.25) is 5.91 Å². The number of epoxide rings is 1. The van der Waals surface area contributed by atoms with E-state index in [1.54, 1.807) is 30.5 Å². The van der Waals surface area contributed by atoms with Crippen LogP contribution in [-0.4, -0.2) is 44.9 Å². The minimum absolute atomic E-state index is 0. The molecule has 3 atom stereocenters. The lowest BCUT2D eigenvalue weighted by Gasteiger charge is -2.15. The van der Waals surface area contributed by atoms with E-state index in [0.717, 1.165) is 0 Å². The van der Waals surface area contributed by atoms with Crippen molar-refractivity contribution in [2.75, 3.05) is 5.32 Å². The summed E-state index contributed by atoms with van der Waals surface area (Å²) in [4.78, 5) is 42.4. The second-order valence-corrected chi connectivity index (χ2v) is 5.82. The summed E-state index contributed by atoms with van der Waals surface area (Å²) < 4.78 is 4.87. The van der Waals surface area contributed by atoms with Gasteiger partial charge in [-0.15, -0.1) is 0 Å². The molecule has 3 N–H and O–H groups in total. The van der Waals surface area contributed by atoms with Crippen molar-refractivity contribution in [1.82, 2.24) is 9.97 Å². The van der Waals surface area contributed by atoms with Crippen molar-refractivity contribution >= 4 is 63.8 Å². The Bertz CT molecular complexity index is 774. The number of ketones is 1. The maximum Gasteiger partial charge on any atom is 0.336 e. The summed E-state index contributed by atoms with van der Waals surface area (Å²) in [6.45, 7) is 0. The number of H-pyrrole nitrogens is 1. The Hall–Kier alpha value is -1.95. The van der Waals surface area contributed by atoms with Crippen LogP contribution in [0.3, 0.4) is 0 Å². The second-order valence-electron chi connectivity index (χ2n) is 5.82. The van der Waals surface area contributed by atoms with Gasteiger partial charge in [-0.2, -0.15) is 40.5 Å². The van der Waals surface area contributed by atoms with Gasteiger partial charge in [-0.05, 0) is 12.1 Å². The Morgan fingerprint density at radius 3 is 2.36 bits per heavy atom. The number of hydrogen-bond acceptors (Lipinski definition) is 5. The Kier molecular flexibility index (Phi) is 11.0. The molecule has 2 heterocycles. The van der Waals surface area contributed by atoms with Crippen LogP contribution in [0.4, 0.5) is 5.69 Å². The minimum atomic E-state index is -1.17. The molecule has 1 aliphatic rings. The van der Waals surface area contributed by atoms with Crippen LogP contribution in [-0.2, 0) is 25.5 Å². The highest BCUT2D eigenvalue weighted by molar-refractivity contribution is 7.59. The highest BCUT2D eigenvalue weighted by Gasteiger charge is 2.50. The molecule has 3 rings (SSSR count). The van der Waals surface area contributed by atoms with Gasteiger partial charge in [-0.3, -0.25) is 9.59 Å². The van der Waals surface area contributed by atoms with Gasteiger partial charge < -0.3 is 20.1 Å². The number of imidazole rings is 1. The summed E-state index contributed by atoms with van der Waals surface area (Å²) in [5.41, 5.74) is 1.34. The molecule has 28 heavy (non-hydrogen) atoms. The van der Waals surface area contributed by atoms with Gasteiger partial charge in [-0.25, -0.2) is 9.78 Å². The van der Waals surface area contributed by atoms with E-state index in [-0.39, 0.29) is 65.0 Å². The predicted molar refractivity (Wildman–Crippen MR) is 118 cm³/mol. The molecule has 1 aromatic carbocycles. The molecule has 1 aliphatic heterocycles. The standard InChI is InChI=1S/C17H17N3O5.3H2S/c21-13(14-15(25-14)17(23)24)7-10(6-12-8-18-9-19-12)16(22)20-11-4-2-1-3-5-11;;;/h1-5,8-10,14-15H,6-7H2,(H,18,19)(H,20,22)(H,23,24);3*1H2/t10-,14-,15+;;;/m1.../s1. The molecule has 8 nitrogen and oxygen atoms in total. The molecule has 1 aromatic heterocycles. The third-order valence-electron chi connectivity index (χ3n) is 3.93. The summed E-state index contributed by atoms with van der Waals surface area (Å²) in [6.07, 6.45) is 1.19. The third kappa shape index (κ3) is 6.89. The Morgan fingerprint density at radius 2 is 1.82 bits per heavy atom. The van der Waals surface area contributed by atoms with Crippen LogP contribution < -0.4 is 5.32 Å². The predicted octanol–water partition coefficient (Wildman–Crippen LogP) is 1.36. The maximum absolute atomic E-state index is 12.6. The molecule has 0 bridgehead atoms. The van der Waals surface area contributed by atoms with E-state index in [9.17, 15) is 14.4 Å². The lowest BCUT2D eigenvalue weighted by Crippen LogP contribution is -2.29. The number of Topliss-reactive ketones (excluding diaryl/α,β-unsaturated/α-hetero) is 1. The number of carboxylic acids is 1. The quantitative estimate of drug-likeness (QED) is 0.527. The van der Waals surface area contributed by atoms with E-state index in [1.165, 1.54) is 6.33 Å². The molecule has 2 aromatic rings. The second kappa shape index (κ2) is 11.8. The van der Waals surface area contributed by atoms with Gasteiger partial charge in [-0.1, -0.05) is 18.2 Å². The van der Waals surface area contributed by atoms with E-state index >= 15 is 0 Å². The van der Waals surface area contributed by atoms with Crippen molar-refractivity contribution in [1.29, 1.82) is 0 Å². The molecule has 0 spiro atoms. The molecule has 0 unspecified atom stereocenters. The number of anilines is 1. The number of benzene rings is 1. The number of rotatable bonds is 8. The van der Waals surface area contributed by atoms with Crippen LogP contribution in [0.1, 0.15) is 12.1 Å². The zero-order valence-electron chi connectivity index (χ0n) is 14.7. The number of nitrogens with one attached hydrogen (secondary N) is 2. The fraction of sp³-hybridized carbons (Fsp3) is 0.294. The average Bonchev–Trinajstić information content (AvgIpc) is 3.25. The molecule has 0 aliphatic carbocycles. The number of carbonyl (C=O) groups excluding carboxylic acids is 2. The molecular formula is C17H23N3O5S3. The number of aromatic nitrogens is 2. The van der Waals surface area contributed by atoms with Crippen LogP contribution in [0.2, 0.25) is 0 Å². The van der Waals surface area contributed by atoms with Crippen LogP contribution in [0.25, 0.3) is 0 Å². The van der Waals surface area contributed by atoms with E-state index < -0.39 is 24.1 Å². The summed E-state index contributed by atoms with van der Waals surface area (Å²) >= 11 is 0. The van der Waals surface area contributed by atoms with Crippen molar-refractivity contribution < 1.29 is 24.2 Å². The number of carboxylic acid groups (broad SMARTS) is 1. The number of para-hydroxylation sites is 1. The fourth-order valence-electron chi connectivity index (χ4n) is 2.59. The first kappa shape index (κ1) is 26.1. The zero-order valence-corrected chi connectivity index (χ0v) is 17.7. The zero-order chi connectivity index (χ0) is 17.8. The molecule has 0 radical (unpaired) electrons. The monoisotopic (exact) mass is 445 g/mol. The number of nitrogens with zero attached hydrogens (tertiary/aromatic N) is 1. The SMILES string of the molecule is O=C(Nc1ccccc1)[C@@H](CC(=O)[C@H]1O[C@@H]1C(=O)O)Cc1cnc[nH]1.S.S.S. The van der Waals surface area contributed by atoms with Crippen LogP contribution in [0.5, 0.6) is 0 Å². The molecule has 1 fully saturated rings. The highest BCUT2D eigenvalue weighted by Crippen LogP contribution is 2.27. The smallest absolute Gasteiger partial charge is 0.336 e. The summed E-state index contributed by atoms with van der Waals surface area (Å²) in [5.74, 6) is -2.54. The molecule has 1 saturated heterocycles. The normalized spacial score (nSPS) is 17.7. The van der Waals surface area contributed by atoms with Gasteiger partial charge in [0, 0.05) is 30.4 Å². The Morgan fingerprint density at radius 1 is 1.14 bits per heavy atom. The largest absolute Gasteiger partial charge is 0.479 e. The van der Waals surface area contributed by atoms with Crippen molar-refractivity contribution in [3.05, 3.63) is 48.5 Å². The van der Waals surface area contributed by atoms with Crippen molar-refractivity contribution in [3.8, 4) is 0 Å². The fourth-order valence-corrected chi connectivity index (χ4v) is 2.59. The van der Waals surface area contributed by atoms with Crippen LogP contribution in [0.15, 0.2) is 42.9 Å². The van der Waals surface area contributed by atoms with Gasteiger partial charge in [0.05, 0.1) is 12.2 Å². The molecule has 11 heteroatoms. The summed E-state index contributed by atoms with van der Waals surface area (Å²) in [6, 6.07) is 8.91. The van der Waals surface area contributed by atoms with E-state index in [0.29, 0.717) is 11.4 Å². The van der Waals surface area contributed by atoms with E-state index in [4.69, 9.17) is 9.84 Å². The van der Waals surface area contributed by atoms with E-state index in [1.807, 2.05) is 6.07 Å². The van der Waals surface area contributed by atoms with Gasteiger partial charge in [0.15, 0.2) is 18.0 Å². The Labute approximate surface area is 182 Å². The minimum Gasteiger partial charge on any atom is -0.479 e. The summed E-state index contributed by atoms with van der Waals surface area (Å²) in [7, 11) is 0. The first-order valence-electron chi connectivity index (χ1n) is 7.78. The topological polar surface area (TPSA) is 125 Å². The number of ether oxygens (including phenoxy) is 1. The third-order valence-corrected chi connectivity index (χ3v) is 3.93. The van der Waals surface area contributed by atoms with Crippen LogP contribution >= 0.6 is 40.5 Å². The van der Waals surface area contributed by atoms with Crippen molar-refractivity contribution in [2.24, 2.45) is 5.92 Å². The number of aliphatic carboxylic acids is 1. The average molecular weight is 446 g/mol. The molecule has 0 saturated carbocycles. The maximum atomic E-state index is 12.6. The first-order chi connectivity index (χ1) is 12.0. The first-order valence-corrected chi connectivity index (χ1v) is 7.78. The van der Waals surface area contributed by atoms with Crippen LogP contribution in [0, 0.1) is 5.92 Å². The Balaban J connectivity index is 0.00000243. The molecule has 154 valence electrons. The highest BCUT2D eigenvalue weighted by atomic mass is 32.1. The number of aromatic amines is 1. The lowest BCUT2D eigenvalue weighted by atomic mass is 9.94. The molecule has 1 amide bonds. The van der Waals surface area contributed by atoms with Crippen molar-refractivity contribution in [2.45, 2.75) is 25.0 Å². The lowest BCUT2D eigenvalue weighted by molar-refractivity contribution is -0.138. The van der Waals surface area contributed by atoms with E-state index in [2.05, 4.69) is 15.3 Å². The molecular weight excluding hydrogens is 422 g/mol. The number of hydrogen-bond donors (Lipinski definition) is 3. The van der Waals surface area contributed by atoms with Crippen molar-refractivity contribution in [3.63, 3.8) is 0 Å². The van der Waals surface area contributed by atoms with Gasteiger partial charge >= 0.3 is 5.97 Å². The number of amides is 1. The van der Waals surface area contributed by atoms with Gasteiger partial charge in [0.1, 0.15) is 0 Å². The summed E-state index contributed by atoms with van der Waals surface area (Å²) in [5, 5.41) is 11.6. The number of carbonyl (C=O) groups is 3.